The second-order valence-electron chi connectivity index (χ2n) is 2.35. The Morgan fingerprint density at radius 3 is 3.08 bits per heavy atom. The van der Waals surface area contributed by atoms with Crippen molar-refractivity contribution < 1.29 is 4.42 Å². The Labute approximate surface area is 87.1 Å². The molecule has 0 radical (unpaired) electrons. The van der Waals surface area contributed by atoms with E-state index in [1.807, 2.05) is 6.07 Å². The fourth-order valence-electron chi connectivity index (χ4n) is 0.848. The third-order valence-electron chi connectivity index (χ3n) is 1.42. The number of rotatable bonds is 3. The van der Waals surface area contributed by atoms with E-state index in [1.54, 1.807) is 12.5 Å². The highest BCUT2D eigenvalue weighted by Crippen LogP contribution is 2.20. The van der Waals surface area contributed by atoms with Crippen molar-refractivity contribution in [3.05, 3.63) is 28.1 Å². The Hall–Kier alpha value is -0.880. The van der Waals surface area contributed by atoms with E-state index in [1.165, 1.54) is 11.3 Å². The average molecular weight is 260 g/mol. The normalized spacial score (nSPS) is 10.2. The van der Waals surface area contributed by atoms with Gasteiger partial charge in [0.2, 0.25) is 5.13 Å². The van der Waals surface area contributed by atoms with Crippen LogP contribution in [0.25, 0.3) is 0 Å². The smallest absolute Gasteiger partial charge is 0.206 e. The van der Waals surface area contributed by atoms with Gasteiger partial charge in [-0.2, -0.15) is 0 Å². The summed E-state index contributed by atoms with van der Waals surface area (Å²) in [7, 11) is 0. The second kappa shape index (κ2) is 3.89. The fraction of sp³-hybridized carbons (Fsp3) is 0.143. The lowest BCUT2D eigenvalue weighted by Crippen LogP contribution is -1.96. The molecule has 6 heteroatoms. The molecule has 0 aliphatic heterocycles. The largest absolute Gasteiger partial charge is 0.472 e. The number of furan rings is 1. The van der Waals surface area contributed by atoms with Gasteiger partial charge in [-0.05, 0) is 22.0 Å². The molecule has 68 valence electrons. The summed E-state index contributed by atoms with van der Waals surface area (Å²) in [6.07, 6.45) is 3.34. The maximum atomic E-state index is 4.93. The van der Waals surface area contributed by atoms with Gasteiger partial charge in [0.15, 0.2) is 3.92 Å². The predicted molar refractivity (Wildman–Crippen MR) is 53.6 cm³/mol. The maximum Gasteiger partial charge on any atom is 0.206 e. The molecule has 0 saturated heterocycles. The van der Waals surface area contributed by atoms with Gasteiger partial charge in [0.25, 0.3) is 0 Å². The summed E-state index contributed by atoms with van der Waals surface area (Å²) in [5, 5.41) is 11.6. The van der Waals surface area contributed by atoms with Gasteiger partial charge in [0, 0.05) is 12.1 Å². The van der Waals surface area contributed by atoms with Gasteiger partial charge in [0.05, 0.1) is 12.5 Å². The first-order valence-electron chi connectivity index (χ1n) is 3.58. The summed E-state index contributed by atoms with van der Waals surface area (Å²) < 4.78 is 5.71. The molecule has 2 aromatic heterocycles. The van der Waals surface area contributed by atoms with Crippen LogP contribution in [-0.4, -0.2) is 10.2 Å². The lowest BCUT2D eigenvalue weighted by molar-refractivity contribution is 0.564. The average Bonchev–Trinajstić information content (AvgIpc) is 2.71. The van der Waals surface area contributed by atoms with Crippen LogP contribution in [0.1, 0.15) is 5.56 Å². The number of hydrogen-bond acceptors (Lipinski definition) is 5. The molecule has 0 spiro atoms. The molecule has 2 heterocycles. The van der Waals surface area contributed by atoms with E-state index in [4.69, 9.17) is 4.42 Å². The minimum Gasteiger partial charge on any atom is -0.472 e. The van der Waals surface area contributed by atoms with Crippen LogP contribution in [0.3, 0.4) is 0 Å². The summed E-state index contributed by atoms with van der Waals surface area (Å²) in [6, 6.07) is 1.91. The topological polar surface area (TPSA) is 51.0 Å². The number of aromatic nitrogens is 2. The van der Waals surface area contributed by atoms with Crippen LogP contribution >= 0.6 is 27.3 Å². The Morgan fingerprint density at radius 2 is 2.46 bits per heavy atom. The first-order chi connectivity index (χ1) is 6.34. The Balaban J connectivity index is 1.93. The molecule has 0 fully saturated rings. The highest BCUT2D eigenvalue weighted by atomic mass is 79.9. The molecule has 2 aromatic rings. The Morgan fingerprint density at radius 1 is 1.54 bits per heavy atom. The Kier molecular flexibility index (Phi) is 2.60. The Bertz CT molecular complexity index is 373. The van der Waals surface area contributed by atoms with Gasteiger partial charge >= 0.3 is 0 Å². The molecule has 0 bridgehead atoms. The van der Waals surface area contributed by atoms with Crippen LogP contribution in [0.2, 0.25) is 0 Å². The summed E-state index contributed by atoms with van der Waals surface area (Å²) in [5.41, 5.74) is 1.09. The zero-order valence-electron chi connectivity index (χ0n) is 6.53. The van der Waals surface area contributed by atoms with E-state index in [-0.39, 0.29) is 0 Å². The maximum absolute atomic E-state index is 4.93. The van der Waals surface area contributed by atoms with Crippen molar-refractivity contribution in [2.24, 2.45) is 0 Å². The zero-order chi connectivity index (χ0) is 9.10. The molecular formula is C7H6BrN3OS. The van der Waals surface area contributed by atoms with Gasteiger partial charge in [-0.25, -0.2) is 0 Å². The van der Waals surface area contributed by atoms with Crippen LogP contribution in [0.15, 0.2) is 26.9 Å². The number of halogens is 1. The molecule has 4 nitrogen and oxygen atoms in total. The van der Waals surface area contributed by atoms with Crippen LogP contribution in [0.5, 0.6) is 0 Å². The third-order valence-corrected chi connectivity index (χ3v) is 2.74. The standard InChI is InChI=1S/C7H6BrN3OS/c8-6-10-11-7(13-6)9-3-5-1-2-12-4-5/h1-2,4H,3H2,(H,9,11). The molecule has 0 aromatic carbocycles. The first-order valence-corrected chi connectivity index (χ1v) is 5.19. The van der Waals surface area contributed by atoms with Crippen LogP contribution in [0, 0.1) is 0 Å². The SMILES string of the molecule is Brc1nnc(NCc2ccoc2)s1. The summed E-state index contributed by atoms with van der Waals surface area (Å²) in [6.45, 7) is 0.706. The van der Waals surface area contributed by atoms with Crippen molar-refractivity contribution in [3.63, 3.8) is 0 Å². The lowest BCUT2D eigenvalue weighted by atomic mass is 10.3. The summed E-state index contributed by atoms with van der Waals surface area (Å²) in [5.74, 6) is 0. The molecular weight excluding hydrogens is 254 g/mol. The number of hydrogen-bond donors (Lipinski definition) is 1. The monoisotopic (exact) mass is 259 g/mol. The molecule has 0 atom stereocenters. The van der Waals surface area contributed by atoms with Crippen molar-refractivity contribution in [3.8, 4) is 0 Å². The van der Waals surface area contributed by atoms with Gasteiger partial charge in [-0.1, -0.05) is 11.3 Å². The lowest BCUT2D eigenvalue weighted by Gasteiger charge is -1.96. The molecule has 2 rings (SSSR count). The molecule has 0 saturated carbocycles. The van der Waals surface area contributed by atoms with Gasteiger partial charge in [-0.3, -0.25) is 0 Å². The predicted octanol–water partition coefficient (Wildman–Crippen LogP) is 2.51. The minimum atomic E-state index is 0.706. The van der Waals surface area contributed by atoms with Crippen molar-refractivity contribution in [2.75, 3.05) is 5.32 Å². The molecule has 0 unspecified atom stereocenters. The van der Waals surface area contributed by atoms with Crippen molar-refractivity contribution in [1.29, 1.82) is 0 Å². The fourth-order valence-corrected chi connectivity index (χ4v) is 1.85. The quantitative estimate of drug-likeness (QED) is 0.921. The van der Waals surface area contributed by atoms with E-state index in [2.05, 4.69) is 31.4 Å². The zero-order valence-corrected chi connectivity index (χ0v) is 8.93. The van der Waals surface area contributed by atoms with Gasteiger partial charge in [-0.15, -0.1) is 10.2 Å². The van der Waals surface area contributed by atoms with E-state index in [0.717, 1.165) is 14.6 Å². The van der Waals surface area contributed by atoms with Gasteiger partial charge < -0.3 is 9.73 Å². The first kappa shape index (κ1) is 8.71. The van der Waals surface area contributed by atoms with E-state index < -0.39 is 0 Å². The highest BCUT2D eigenvalue weighted by molar-refractivity contribution is 9.11. The number of nitrogens with one attached hydrogen (secondary N) is 1. The number of anilines is 1. The highest BCUT2D eigenvalue weighted by Gasteiger charge is 2.00. The molecule has 13 heavy (non-hydrogen) atoms. The number of nitrogens with zero attached hydrogens (tertiary/aromatic N) is 2. The molecule has 1 N–H and O–H groups in total. The van der Waals surface area contributed by atoms with Gasteiger partial charge in [0.1, 0.15) is 0 Å². The van der Waals surface area contributed by atoms with E-state index in [0.29, 0.717) is 6.54 Å². The third kappa shape index (κ3) is 2.28. The van der Waals surface area contributed by atoms with Crippen molar-refractivity contribution in [2.45, 2.75) is 6.54 Å². The summed E-state index contributed by atoms with van der Waals surface area (Å²) in [4.78, 5) is 0. The minimum absolute atomic E-state index is 0.706. The van der Waals surface area contributed by atoms with Crippen LogP contribution in [0.4, 0.5) is 5.13 Å². The molecule has 0 amide bonds. The molecule has 0 aliphatic rings. The van der Waals surface area contributed by atoms with Crippen LogP contribution < -0.4 is 5.32 Å². The summed E-state index contributed by atoms with van der Waals surface area (Å²) >= 11 is 4.70. The van der Waals surface area contributed by atoms with E-state index >= 15 is 0 Å². The van der Waals surface area contributed by atoms with E-state index in [9.17, 15) is 0 Å². The van der Waals surface area contributed by atoms with Crippen molar-refractivity contribution in [1.82, 2.24) is 10.2 Å². The van der Waals surface area contributed by atoms with Crippen LogP contribution in [-0.2, 0) is 6.54 Å². The van der Waals surface area contributed by atoms with Crippen molar-refractivity contribution >= 4 is 32.4 Å². The molecule has 0 aliphatic carbocycles. The second-order valence-corrected chi connectivity index (χ2v) is 4.60.